The highest BCUT2D eigenvalue weighted by Crippen LogP contribution is 2.17. The Morgan fingerprint density at radius 1 is 1.30 bits per heavy atom. The Labute approximate surface area is 122 Å². The van der Waals surface area contributed by atoms with Crippen molar-refractivity contribution in [3.05, 3.63) is 29.6 Å². The Morgan fingerprint density at radius 3 is 2.70 bits per heavy atom. The molecule has 0 bridgehead atoms. The van der Waals surface area contributed by atoms with Crippen LogP contribution in [0.4, 0.5) is 10.1 Å². The fourth-order valence-electron chi connectivity index (χ4n) is 1.92. The Kier molecular flexibility index (Phi) is 7.55. The van der Waals surface area contributed by atoms with Gasteiger partial charge in [0.2, 0.25) is 0 Å². The van der Waals surface area contributed by atoms with Gasteiger partial charge < -0.3 is 15.0 Å². The van der Waals surface area contributed by atoms with E-state index in [2.05, 4.69) is 12.2 Å². The van der Waals surface area contributed by atoms with E-state index in [4.69, 9.17) is 4.74 Å². The van der Waals surface area contributed by atoms with E-state index >= 15 is 0 Å². The zero-order valence-electron chi connectivity index (χ0n) is 13.1. The van der Waals surface area contributed by atoms with Gasteiger partial charge in [-0.2, -0.15) is 0 Å². The van der Waals surface area contributed by atoms with Crippen LogP contribution in [-0.4, -0.2) is 32.8 Å². The highest BCUT2D eigenvalue weighted by molar-refractivity contribution is 5.48. The highest BCUT2D eigenvalue weighted by atomic mass is 19.1. The zero-order valence-corrected chi connectivity index (χ0v) is 13.1. The normalized spacial score (nSPS) is 11.1. The summed E-state index contributed by atoms with van der Waals surface area (Å²) in [6, 6.07) is 5.18. The van der Waals surface area contributed by atoms with Crippen molar-refractivity contribution >= 4 is 5.69 Å². The van der Waals surface area contributed by atoms with Crippen molar-refractivity contribution in [2.75, 3.05) is 31.6 Å². The van der Waals surface area contributed by atoms with E-state index < -0.39 is 0 Å². The Morgan fingerprint density at radius 2 is 2.05 bits per heavy atom. The lowest BCUT2D eigenvalue weighted by Crippen LogP contribution is -2.24. The van der Waals surface area contributed by atoms with Gasteiger partial charge in [-0.05, 0) is 50.6 Å². The molecule has 0 aliphatic heterocycles. The van der Waals surface area contributed by atoms with Crippen LogP contribution in [0.25, 0.3) is 0 Å². The molecule has 114 valence electrons. The molecule has 0 amide bonds. The first-order valence-electron chi connectivity index (χ1n) is 7.35. The van der Waals surface area contributed by atoms with Crippen molar-refractivity contribution in [3.63, 3.8) is 0 Å². The maximum atomic E-state index is 13.7. The molecule has 0 spiro atoms. The molecule has 0 saturated carbocycles. The number of anilines is 1. The minimum absolute atomic E-state index is 0.188. The molecule has 1 N–H and O–H groups in total. The van der Waals surface area contributed by atoms with Gasteiger partial charge in [0.25, 0.3) is 0 Å². The summed E-state index contributed by atoms with van der Waals surface area (Å²) in [6.45, 7) is 9.20. The van der Waals surface area contributed by atoms with Gasteiger partial charge in [0.05, 0.1) is 12.7 Å². The summed E-state index contributed by atoms with van der Waals surface area (Å²) in [6.07, 6.45) is 1.30. The van der Waals surface area contributed by atoms with E-state index in [1.807, 2.05) is 31.9 Å². The third-order valence-electron chi connectivity index (χ3n) is 3.02. The number of halogens is 1. The fraction of sp³-hybridized carbons (Fsp3) is 0.625. The molecule has 3 nitrogen and oxygen atoms in total. The number of hydrogen-bond donors (Lipinski definition) is 1. The smallest absolute Gasteiger partial charge is 0.125 e. The standard InChI is InChI=1S/C16H27FN2O/c1-5-6-18-12-14-9-15(17)11-16(10-14)19(4)7-8-20-13(2)3/h9-11,13,18H,5-8,12H2,1-4H3. The topological polar surface area (TPSA) is 24.5 Å². The van der Waals surface area contributed by atoms with E-state index in [0.29, 0.717) is 13.2 Å². The van der Waals surface area contributed by atoms with Crippen LogP contribution in [0.2, 0.25) is 0 Å². The molecule has 0 radical (unpaired) electrons. The molecule has 1 aromatic carbocycles. The third-order valence-corrected chi connectivity index (χ3v) is 3.02. The number of benzene rings is 1. The summed E-state index contributed by atoms with van der Waals surface area (Å²) in [5.74, 6) is -0.188. The molecule has 20 heavy (non-hydrogen) atoms. The first-order chi connectivity index (χ1) is 9.52. The van der Waals surface area contributed by atoms with Gasteiger partial charge in [-0.1, -0.05) is 6.92 Å². The molecule has 0 aromatic heterocycles. The van der Waals surface area contributed by atoms with Crippen molar-refractivity contribution in [1.29, 1.82) is 0 Å². The largest absolute Gasteiger partial charge is 0.377 e. The van der Waals surface area contributed by atoms with Crippen LogP contribution in [0.3, 0.4) is 0 Å². The van der Waals surface area contributed by atoms with Gasteiger partial charge in [0.15, 0.2) is 0 Å². The molecule has 0 fully saturated rings. The SMILES string of the molecule is CCCNCc1cc(F)cc(N(C)CCOC(C)C)c1. The van der Waals surface area contributed by atoms with Gasteiger partial charge in [-0.25, -0.2) is 4.39 Å². The number of hydrogen-bond acceptors (Lipinski definition) is 3. The number of rotatable bonds is 9. The molecule has 4 heteroatoms. The fourth-order valence-corrected chi connectivity index (χ4v) is 1.92. The van der Waals surface area contributed by atoms with Crippen molar-refractivity contribution < 1.29 is 9.13 Å². The molecule has 1 rings (SSSR count). The van der Waals surface area contributed by atoms with Gasteiger partial charge in [-0.3, -0.25) is 0 Å². The zero-order chi connectivity index (χ0) is 15.0. The predicted molar refractivity (Wildman–Crippen MR) is 82.8 cm³/mol. The molecular weight excluding hydrogens is 255 g/mol. The summed E-state index contributed by atoms with van der Waals surface area (Å²) in [4.78, 5) is 2.02. The molecule has 0 saturated heterocycles. The first-order valence-corrected chi connectivity index (χ1v) is 7.35. The molecule has 0 aliphatic carbocycles. The summed E-state index contributed by atoms with van der Waals surface area (Å²) >= 11 is 0. The van der Waals surface area contributed by atoms with E-state index in [1.54, 1.807) is 12.1 Å². The van der Waals surface area contributed by atoms with Crippen LogP contribution in [0.15, 0.2) is 18.2 Å². The number of nitrogens with zero attached hydrogens (tertiary/aromatic N) is 1. The second-order valence-corrected chi connectivity index (χ2v) is 5.34. The van der Waals surface area contributed by atoms with Crippen molar-refractivity contribution in [2.45, 2.75) is 39.8 Å². The lowest BCUT2D eigenvalue weighted by Gasteiger charge is -2.21. The van der Waals surface area contributed by atoms with Crippen LogP contribution >= 0.6 is 0 Å². The maximum Gasteiger partial charge on any atom is 0.125 e. The first kappa shape index (κ1) is 16.9. The van der Waals surface area contributed by atoms with Crippen molar-refractivity contribution in [2.24, 2.45) is 0 Å². The monoisotopic (exact) mass is 282 g/mol. The second kappa shape index (κ2) is 8.93. The Bertz CT molecular complexity index is 396. The maximum absolute atomic E-state index is 13.7. The van der Waals surface area contributed by atoms with E-state index in [0.717, 1.165) is 30.8 Å². The van der Waals surface area contributed by atoms with Gasteiger partial charge in [0, 0.05) is 25.8 Å². The lowest BCUT2D eigenvalue weighted by atomic mass is 10.1. The summed E-state index contributed by atoms with van der Waals surface area (Å²) in [5, 5.41) is 3.29. The van der Waals surface area contributed by atoms with E-state index in [9.17, 15) is 4.39 Å². The van der Waals surface area contributed by atoms with Gasteiger partial charge in [0.1, 0.15) is 5.82 Å². The quantitative estimate of drug-likeness (QED) is 0.704. The molecule has 0 heterocycles. The minimum Gasteiger partial charge on any atom is -0.377 e. The average molecular weight is 282 g/mol. The van der Waals surface area contributed by atoms with Gasteiger partial charge >= 0.3 is 0 Å². The third kappa shape index (κ3) is 6.35. The average Bonchev–Trinajstić information content (AvgIpc) is 2.38. The molecular formula is C16H27FN2O. The molecule has 1 aromatic rings. The minimum atomic E-state index is -0.188. The van der Waals surface area contributed by atoms with Crippen LogP contribution in [0.1, 0.15) is 32.8 Å². The van der Waals surface area contributed by atoms with E-state index in [-0.39, 0.29) is 11.9 Å². The highest BCUT2D eigenvalue weighted by Gasteiger charge is 2.06. The Balaban J connectivity index is 2.59. The number of ether oxygens (including phenoxy) is 1. The van der Waals surface area contributed by atoms with Crippen LogP contribution < -0.4 is 10.2 Å². The molecule has 0 unspecified atom stereocenters. The molecule has 0 atom stereocenters. The van der Waals surface area contributed by atoms with Crippen LogP contribution in [0, 0.1) is 5.82 Å². The summed E-state index contributed by atoms with van der Waals surface area (Å²) in [5.41, 5.74) is 1.87. The van der Waals surface area contributed by atoms with Crippen molar-refractivity contribution in [3.8, 4) is 0 Å². The predicted octanol–water partition coefficient (Wildman–Crippen LogP) is 3.19. The number of likely N-dealkylation sites (N-methyl/N-ethyl adjacent to an activating group) is 1. The summed E-state index contributed by atoms with van der Waals surface area (Å²) in [7, 11) is 1.96. The lowest BCUT2D eigenvalue weighted by molar-refractivity contribution is 0.0846. The van der Waals surface area contributed by atoms with Crippen molar-refractivity contribution in [1.82, 2.24) is 5.32 Å². The Hall–Kier alpha value is -1.13. The number of nitrogens with one attached hydrogen (secondary N) is 1. The summed E-state index contributed by atoms with van der Waals surface area (Å²) < 4.78 is 19.2. The van der Waals surface area contributed by atoms with Crippen LogP contribution in [0.5, 0.6) is 0 Å². The molecule has 0 aliphatic rings. The van der Waals surface area contributed by atoms with E-state index in [1.165, 1.54) is 0 Å². The van der Waals surface area contributed by atoms with Crippen LogP contribution in [-0.2, 0) is 11.3 Å². The second-order valence-electron chi connectivity index (χ2n) is 5.34. The van der Waals surface area contributed by atoms with Gasteiger partial charge in [-0.15, -0.1) is 0 Å².